The third-order valence-electron chi connectivity index (χ3n) is 2.04. The Hall–Kier alpha value is -1.28. The van der Waals surface area contributed by atoms with Crippen molar-refractivity contribution in [3.05, 3.63) is 23.4 Å². The molecule has 0 saturated carbocycles. The molecule has 0 unspecified atom stereocenters. The molecular weight excluding hydrogens is 274 g/mol. The molecule has 100 valence electrons. The number of thioether (sulfide) groups is 1. The molecule has 1 heterocycles. The van der Waals surface area contributed by atoms with Crippen LogP contribution >= 0.6 is 11.8 Å². The minimum atomic E-state index is -2.97. The maximum Gasteiger partial charge on any atom is 0.170 e. The number of nitrogens with zero attached hydrogens (tertiary/aromatic N) is 2. The molecule has 8 heteroatoms. The van der Waals surface area contributed by atoms with Crippen LogP contribution in [0.1, 0.15) is 11.3 Å². The summed E-state index contributed by atoms with van der Waals surface area (Å²) in [4.78, 5) is 4.25. The van der Waals surface area contributed by atoms with Crippen LogP contribution in [0.25, 0.3) is 0 Å². The molecule has 0 aliphatic heterocycles. The largest absolute Gasteiger partial charge is 0.409 e. The molecule has 1 aromatic heterocycles. The first kappa shape index (κ1) is 14.8. The van der Waals surface area contributed by atoms with Crippen LogP contribution in [0.2, 0.25) is 0 Å². The molecule has 1 aromatic rings. The third-order valence-corrected chi connectivity index (χ3v) is 4.15. The molecule has 0 aromatic carbocycles. The standard InChI is InChI=1S/C10H15N3O3S2/c1-7-5-8(10(11)13-14)6-9(12-7)17-3-4-18(2,15)16/h5-6,14H,3-4H2,1-2H3,(H2,11,13). The van der Waals surface area contributed by atoms with Gasteiger partial charge in [-0.25, -0.2) is 13.4 Å². The Labute approximate surface area is 110 Å². The monoisotopic (exact) mass is 289 g/mol. The van der Waals surface area contributed by atoms with Gasteiger partial charge in [0.2, 0.25) is 0 Å². The molecule has 0 aliphatic carbocycles. The zero-order valence-electron chi connectivity index (χ0n) is 10.1. The van der Waals surface area contributed by atoms with E-state index >= 15 is 0 Å². The van der Waals surface area contributed by atoms with Gasteiger partial charge in [-0.2, -0.15) is 0 Å². The summed E-state index contributed by atoms with van der Waals surface area (Å²) in [6.07, 6.45) is 1.19. The Morgan fingerprint density at radius 3 is 2.78 bits per heavy atom. The van der Waals surface area contributed by atoms with Crippen LogP contribution < -0.4 is 5.73 Å². The van der Waals surface area contributed by atoms with Gasteiger partial charge in [0.25, 0.3) is 0 Å². The molecular formula is C10H15N3O3S2. The highest BCUT2D eigenvalue weighted by molar-refractivity contribution is 8.00. The highest BCUT2D eigenvalue weighted by Gasteiger charge is 2.07. The molecule has 0 amide bonds. The molecule has 0 saturated heterocycles. The smallest absolute Gasteiger partial charge is 0.170 e. The maximum absolute atomic E-state index is 11.0. The molecule has 0 radical (unpaired) electrons. The second-order valence-electron chi connectivity index (χ2n) is 3.80. The average Bonchev–Trinajstić information content (AvgIpc) is 2.25. The van der Waals surface area contributed by atoms with Crippen molar-refractivity contribution in [2.75, 3.05) is 17.8 Å². The highest BCUT2D eigenvalue weighted by Crippen LogP contribution is 2.18. The van der Waals surface area contributed by atoms with E-state index in [9.17, 15) is 8.42 Å². The predicted molar refractivity (Wildman–Crippen MR) is 71.9 cm³/mol. The van der Waals surface area contributed by atoms with Crippen LogP contribution in [0.3, 0.4) is 0 Å². The lowest BCUT2D eigenvalue weighted by Gasteiger charge is -2.05. The average molecular weight is 289 g/mol. The molecule has 0 bridgehead atoms. The summed E-state index contributed by atoms with van der Waals surface area (Å²) >= 11 is 1.32. The Bertz CT molecular complexity index is 555. The van der Waals surface area contributed by atoms with Gasteiger partial charge in [-0.3, -0.25) is 0 Å². The molecule has 0 atom stereocenters. The summed E-state index contributed by atoms with van der Waals surface area (Å²) in [5.41, 5.74) is 6.78. The highest BCUT2D eigenvalue weighted by atomic mass is 32.2. The van der Waals surface area contributed by atoms with Gasteiger partial charge >= 0.3 is 0 Å². The Balaban J connectivity index is 2.81. The number of aryl methyl sites for hydroxylation is 1. The van der Waals surface area contributed by atoms with E-state index in [2.05, 4.69) is 10.1 Å². The second-order valence-corrected chi connectivity index (χ2v) is 7.17. The lowest BCUT2D eigenvalue weighted by Crippen LogP contribution is -2.14. The summed E-state index contributed by atoms with van der Waals surface area (Å²) in [6, 6.07) is 3.35. The van der Waals surface area contributed by atoms with E-state index < -0.39 is 9.84 Å². The Kier molecular flexibility index (Phi) is 4.97. The maximum atomic E-state index is 11.0. The normalized spacial score (nSPS) is 12.7. The number of amidine groups is 1. The fraction of sp³-hybridized carbons (Fsp3) is 0.400. The van der Waals surface area contributed by atoms with Gasteiger partial charge in [0, 0.05) is 23.3 Å². The summed E-state index contributed by atoms with van der Waals surface area (Å²) in [7, 11) is -2.97. The summed E-state index contributed by atoms with van der Waals surface area (Å²) in [5.74, 6) is 0.516. The van der Waals surface area contributed by atoms with Crippen molar-refractivity contribution in [1.29, 1.82) is 0 Å². The summed E-state index contributed by atoms with van der Waals surface area (Å²) in [5, 5.41) is 12.2. The van der Waals surface area contributed by atoms with E-state index in [1.165, 1.54) is 18.0 Å². The molecule has 6 nitrogen and oxygen atoms in total. The van der Waals surface area contributed by atoms with Gasteiger partial charge in [-0.15, -0.1) is 11.8 Å². The van der Waals surface area contributed by atoms with E-state index in [-0.39, 0.29) is 11.6 Å². The Morgan fingerprint density at radius 1 is 1.56 bits per heavy atom. The van der Waals surface area contributed by atoms with Gasteiger partial charge in [-0.05, 0) is 19.1 Å². The van der Waals surface area contributed by atoms with Crippen LogP contribution in [-0.2, 0) is 9.84 Å². The number of rotatable bonds is 5. The quantitative estimate of drug-likeness (QED) is 0.271. The van der Waals surface area contributed by atoms with Crippen molar-refractivity contribution >= 4 is 27.4 Å². The van der Waals surface area contributed by atoms with Crippen molar-refractivity contribution in [1.82, 2.24) is 4.98 Å². The van der Waals surface area contributed by atoms with E-state index in [1.807, 2.05) is 0 Å². The van der Waals surface area contributed by atoms with E-state index in [0.29, 0.717) is 16.3 Å². The van der Waals surface area contributed by atoms with Crippen LogP contribution in [0.15, 0.2) is 22.3 Å². The summed E-state index contributed by atoms with van der Waals surface area (Å²) < 4.78 is 22.0. The van der Waals surface area contributed by atoms with Crippen LogP contribution in [-0.4, -0.2) is 42.2 Å². The molecule has 0 aliphatic rings. The molecule has 0 spiro atoms. The van der Waals surface area contributed by atoms with Crippen molar-refractivity contribution in [3.63, 3.8) is 0 Å². The van der Waals surface area contributed by atoms with Crippen LogP contribution in [0.4, 0.5) is 0 Å². The number of pyridine rings is 1. The van der Waals surface area contributed by atoms with Crippen molar-refractivity contribution in [2.45, 2.75) is 11.9 Å². The lowest BCUT2D eigenvalue weighted by atomic mass is 10.2. The topological polar surface area (TPSA) is 106 Å². The zero-order chi connectivity index (χ0) is 13.8. The number of sulfone groups is 1. The summed E-state index contributed by atoms with van der Waals surface area (Å²) in [6.45, 7) is 1.79. The van der Waals surface area contributed by atoms with Crippen LogP contribution in [0.5, 0.6) is 0 Å². The van der Waals surface area contributed by atoms with Crippen molar-refractivity contribution in [3.8, 4) is 0 Å². The van der Waals surface area contributed by atoms with Crippen molar-refractivity contribution in [2.24, 2.45) is 10.9 Å². The number of hydrogen-bond donors (Lipinski definition) is 2. The SMILES string of the molecule is Cc1cc(/C(N)=N/O)cc(SCCS(C)(=O)=O)n1. The van der Waals surface area contributed by atoms with Gasteiger partial charge in [0.15, 0.2) is 5.84 Å². The fourth-order valence-corrected chi connectivity index (χ4v) is 3.39. The van der Waals surface area contributed by atoms with Crippen LogP contribution in [0, 0.1) is 6.92 Å². The van der Waals surface area contributed by atoms with Gasteiger partial charge in [-0.1, -0.05) is 5.16 Å². The van der Waals surface area contributed by atoms with Gasteiger partial charge in [0.1, 0.15) is 9.84 Å². The molecule has 3 N–H and O–H groups in total. The fourth-order valence-electron chi connectivity index (χ4n) is 1.22. The number of hydrogen-bond acceptors (Lipinski definition) is 6. The Morgan fingerprint density at radius 2 is 2.22 bits per heavy atom. The minimum Gasteiger partial charge on any atom is -0.409 e. The second kappa shape index (κ2) is 6.05. The molecule has 0 fully saturated rings. The van der Waals surface area contributed by atoms with E-state index in [0.717, 1.165) is 5.69 Å². The lowest BCUT2D eigenvalue weighted by molar-refractivity contribution is 0.318. The van der Waals surface area contributed by atoms with Crippen molar-refractivity contribution < 1.29 is 13.6 Å². The van der Waals surface area contributed by atoms with Gasteiger partial charge < -0.3 is 10.9 Å². The zero-order valence-corrected chi connectivity index (χ0v) is 11.8. The number of aromatic nitrogens is 1. The third kappa shape index (κ3) is 4.92. The van der Waals surface area contributed by atoms with E-state index in [1.54, 1.807) is 19.1 Å². The first-order valence-corrected chi connectivity index (χ1v) is 8.13. The van der Waals surface area contributed by atoms with Gasteiger partial charge in [0.05, 0.1) is 10.8 Å². The first-order valence-electron chi connectivity index (χ1n) is 5.09. The van der Waals surface area contributed by atoms with E-state index in [4.69, 9.17) is 10.9 Å². The minimum absolute atomic E-state index is 0.00506. The molecule has 1 rings (SSSR count). The first-order chi connectivity index (χ1) is 8.31. The number of oxime groups is 1. The predicted octanol–water partition coefficient (Wildman–Crippen LogP) is 0.621. The number of nitrogens with two attached hydrogens (primary N) is 1. The molecule has 18 heavy (non-hydrogen) atoms.